The van der Waals surface area contributed by atoms with Crippen LogP contribution in [0.25, 0.3) is 11.0 Å². The fraction of sp³-hybridized carbons (Fsp3) is 0.450. The Bertz CT molecular complexity index is 918. The second kappa shape index (κ2) is 7.78. The third-order valence-corrected chi connectivity index (χ3v) is 5.78. The van der Waals surface area contributed by atoms with Gasteiger partial charge in [-0.15, -0.1) is 11.3 Å². The molecule has 3 aromatic rings. The van der Waals surface area contributed by atoms with Crippen LogP contribution in [-0.2, 0) is 11.3 Å². The normalized spacial score (nSPS) is 18.3. The molecule has 0 radical (unpaired) electrons. The first-order chi connectivity index (χ1) is 13.1. The zero-order valence-corrected chi connectivity index (χ0v) is 16.6. The van der Waals surface area contributed by atoms with Gasteiger partial charge in [-0.05, 0) is 45.4 Å². The van der Waals surface area contributed by atoms with Gasteiger partial charge in [-0.1, -0.05) is 12.1 Å². The number of carbonyl (C=O) groups excluding carboxylic acids is 1. The number of nitrogens with zero attached hydrogens (tertiary/aromatic N) is 4. The number of benzene rings is 1. The summed E-state index contributed by atoms with van der Waals surface area (Å²) in [5.41, 5.74) is 2.22. The van der Waals surface area contributed by atoms with Crippen LogP contribution in [0.15, 0.2) is 35.8 Å². The molecule has 1 amide bonds. The summed E-state index contributed by atoms with van der Waals surface area (Å²) in [6, 6.07) is 8.64. The van der Waals surface area contributed by atoms with Crippen molar-refractivity contribution in [1.29, 1.82) is 0 Å². The van der Waals surface area contributed by atoms with E-state index in [0.29, 0.717) is 11.2 Å². The predicted molar refractivity (Wildman–Crippen MR) is 109 cm³/mol. The molecule has 4 rings (SSSR count). The number of imidazole rings is 1. The molecule has 1 N–H and O–H groups in total. The first-order valence-corrected chi connectivity index (χ1v) is 10.4. The summed E-state index contributed by atoms with van der Waals surface area (Å²) >= 11 is 1.46. The zero-order chi connectivity index (χ0) is 18.8. The number of thiazole rings is 1. The van der Waals surface area contributed by atoms with Gasteiger partial charge >= 0.3 is 0 Å². The van der Waals surface area contributed by atoms with Gasteiger partial charge in [-0.2, -0.15) is 0 Å². The number of anilines is 1. The van der Waals surface area contributed by atoms with Crippen LogP contribution in [0.4, 0.5) is 5.13 Å². The lowest BCUT2D eigenvalue weighted by molar-refractivity contribution is -0.121. The van der Waals surface area contributed by atoms with E-state index in [1.165, 1.54) is 16.9 Å². The summed E-state index contributed by atoms with van der Waals surface area (Å²) in [5, 5.41) is 5.50. The van der Waals surface area contributed by atoms with Gasteiger partial charge in [-0.25, -0.2) is 9.97 Å². The maximum Gasteiger partial charge on any atom is 0.230 e. The highest BCUT2D eigenvalue weighted by Gasteiger charge is 2.27. The standard InChI is InChI=1S/C20H25N5OS/c1-14(2)25-17-8-4-3-7-16(17)22-18(25)13-24-10-5-6-15(12-24)19(26)23-20-21-9-11-27-20/h3-4,7-9,11,14-15H,5-6,10,12-13H2,1-2H3,(H,21,23,26)/t15-/m1/s1. The highest BCUT2D eigenvalue weighted by Crippen LogP contribution is 2.25. The molecule has 1 aromatic carbocycles. The minimum Gasteiger partial charge on any atom is -0.324 e. The van der Waals surface area contributed by atoms with Gasteiger partial charge in [0.1, 0.15) is 5.82 Å². The SMILES string of the molecule is CC(C)n1c(CN2CCC[C@@H](C(=O)Nc3nccs3)C2)nc2ccccc21. The molecule has 1 aliphatic heterocycles. The maximum atomic E-state index is 12.6. The molecule has 27 heavy (non-hydrogen) atoms. The average Bonchev–Trinajstić information content (AvgIpc) is 3.28. The first kappa shape index (κ1) is 18.1. The van der Waals surface area contributed by atoms with E-state index in [0.717, 1.165) is 43.8 Å². The Labute approximate surface area is 163 Å². The molecule has 2 aromatic heterocycles. The Kier molecular flexibility index (Phi) is 5.22. The number of nitrogens with one attached hydrogen (secondary N) is 1. The van der Waals surface area contributed by atoms with Crippen molar-refractivity contribution >= 4 is 33.4 Å². The van der Waals surface area contributed by atoms with Crippen molar-refractivity contribution < 1.29 is 4.79 Å². The lowest BCUT2D eigenvalue weighted by atomic mass is 9.97. The lowest BCUT2D eigenvalue weighted by Gasteiger charge is -2.31. The van der Waals surface area contributed by atoms with E-state index in [9.17, 15) is 4.79 Å². The van der Waals surface area contributed by atoms with Crippen LogP contribution in [0, 0.1) is 5.92 Å². The number of amides is 1. The molecule has 1 atom stereocenters. The van der Waals surface area contributed by atoms with E-state index in [4.69, 9.17) is 4.98 Å². The van der Waals surface area contributed by atoms with Crippen LogP contribution >= 0.6 is 11.3 Å². The van der Waals surface area contributed by atoms with Gasteiger partial charge < -0.3 is 9.88 Å². The zero-order valence-electron chi connectivity index (χ0n) is 15.8. The first-order valence-electron chi connectivity index (χ1n) is 9.50. The number of piperidine rings is 1. The molecule has 3 heterocycles. The summed E-state index contributed by atoms with van der Waals surface area (Å²) in [5.74, 6) is 1.15. The summed E-state index contributed by atoms with van der Waals surface area (Å²) in [4.78, 5) is 24.0. The van der Waals surface area contributed by atoms with Crippen molar-refractivity contribution in [2.75, 3.05) is 18.4 Å². The van der Waals surface area contributed by atoms with Crippen molar-refractivity contribution in [3.05, 3.63) is 41.7 Å². The van der Waals surface area contributed by atoms with E-state index in [2.05, 4.69) is 51.8 Å². The van der Waals surface area contributed by atoms with Crippen LogP contribution in [-0.4, -0.2) is 38.4 Å². The third-order valence-electron chi connectivity index (χ3n) is 5.09. The van der Waals surface area contributed by atoms with Crippen molar-refractivity contribution in [2.24, 2.45) is 5.92 Å². The van der Waals surface area contributed by atoms with E-state index in [1.54, 1.807) is 6.20 Å². The van der Waals surface area contributed by atoms with E-state index in [1.807, 2.05) is 11.4 Å². The van der Waals surface area contributed by atoms with Crippen LogP contribution < -0.4 is 5.32 Å². The van der Waals surface area contributed by atoms with Crippen molar-refractivity contribution in [3.8, 4) is 0 Å². The summed E-state index contributed by atoms with van der Waals surface area (Å²) in [6.45, 7) is 6.92. The van der Waals surface area contributed by atoms with Gasteiger partial charge in [0.25, 0.3) is 0 Å². The third kappa shape index (κ3) is 3.89. The molecule has 1 aliphatic rings. The minimum atomic E-state index is -0.000437. The Morgan fingerprint density at radius 3 is 3.00 bits per heavy atom. The quantitative estimate of drug-likeness (QED) is 0.725. The molecule has 0 aliphatic carbocycles. The molecule has 0 unspecified atom stereocenters. The molecule has 0 saturated carbocycles. The monoisotopic (exact) mass is 383 g/mol. The average molecular weight is 384 g/mol. The molecule has 7 heteroatoms. The number of likely N-dealkylation sites (tertiary alicyclic amines) is 1. The number of fused-ring (bicyclic) bond motifs is 1. The molecule has 0 bridgehead atoms. The van der Waals surface area contributed by atoms with Gasteiger partial charge in [0, 0.05) is 24.2 Å². The van der Waals surface area contributed by atoms with Gasteiger partial charge in [0.05, 0.1) is 23.5 Å². The van der Waals surface area contributed by atoms with Crippen LogP contribution in [0.2, 0.25) is 0 Å². The molecule has 0 spiro atoms. The van der Waals surface area contributed by atoms with Crippen molar-refractivity contribution in [3.63, 3.8) is 0 Å². The second-order valence-corrected chi connectivity index (χ2v) is 8.28. The highest BCUT2D eigenvalue weighted by molar-refractivity contribution is 7.13. The Hall–Kier alpha value is -2.25. The smallest absolute Gasteiger partial charge is 0.230 e. The molecular formula is C20H25N5OS. The Balaban J connectivity index is 1.49. The summed E-state index contributed by atoms with van der Waals surface area (Å²) in [7, 11) is 0. The van der Waals surface area contributed by atoms with E-state index in [-0.39, 0.29) is 11.8 Å². The molecule has 6 nitrogen and oxygen atoms in total. The number of hydrogen-bond acceptors (Lipinski definition) is 5. The van der Waals surface area contributed by atoms with Crippen LogP contribution in [0.5, 0.6) is 0 Å². The van der Waals surface area contributed by atoms with E-state index >= 15 is 0 Å². The van der Waals surface area contributed by atoms with E-state index < -0.39 is 0 Å². The fourth-order valence-electron chi connectivity index (χ4n) is 3.89. The number of hydrogen-bond donors (Lipinski definition) is 1. The van der Waals surface area contributed by atoms with Crippen molar-refractivity contribution in [2.45, 2.75) is 39.3 Å². The number of carbonyl (C=O) groups is 1. The summed E-state index contributed by atoms with van der Waals surface area (Å²) < 4.78 is 2.31. The minimum absolute atomic E-state index is 0.000437. The largest absolute Gasteiger partial charge is 0.324 e. The maximum absolute atomic E-state index is 12.6. The predicted octanol–water partition coefficient (Wildman–Crippen LogP) is 3.92. The van der Waals surface area contributed by atoms with Crippen LogP contribution in [0.3, 0.4) is 0 Å². The molecule has 142 valence electrons. The number of rotatable bonds is 5. The van der Waals surface area contributed by atoms with Gasteiger partial charge in [-0.3, -0.25) is 9.69 Å². The molecular weight excluding hydrogens is 358 g/mol. The van der Waals surface area contributed by atoms with Gasteiger partial charge in [0.2, 0.25) is 5.91 Å². The Morgan fingerprint density at radius 2 is 2.22 bits per heavy atom. The van der Waals surface area contributed by atoms with Crippen molar-refractivity contribution in [1.82, 2.24) is 19.4 Å². The van der Waals surface area contributed by atoms with Crippen LogP contribution in [0.1, 0.15) is 38.6 Å². The summed E-state index contributed by atoms with van der Waals surface area (Å²) in [6.07, 6.45) is 3.66. The fourth-order valence-corrected chi connectivity index (χ4v) is 4.42. The molecule has 1 saturated heterocycles. The Morgan fingerprint density at radius 1 is 1.37 bits per heavy atom. The second-order valence-electron chi connectivity index (χ2n) is 7.38. The lowest BCUT2D eigenvalue weighted by Crippen LogP contribution is -2.40. The van der Waals surface area contributed by atoms with Gasteiger partial charge in [0.15, 0.2) is 5.13 Å². The molecule has 1 fully saturated rings. The number of para-hydroxylation sites is 2. The highest BCUT2D eigenvalue weighted by atomic mass is 32.1. The number of aromatic nitrogens is 3. The topological polar surface area (TPSA) is 63.1 Å².